The number of pyridine rings is 6. The van der Waals surface area contributed by atoms with E-state index in [1.807, 2.05) is 109 Å². The maximum Gasteiger partial charge on any atom is 2.00 e. The molecule has 30 heteroatoms. The summed E-state index contributed by atoms with van der Waals surface area (Å²) >= 11 is -6.22. The maximum atomic E-state index is 8.44. The van der Waals surface area contributed by atoms with Gasteiger partial charge < -0.3 is 62.0 Å². The molecule has 0 radical (unpaired) electrons. The van der Waals surface area contributed by atoms with Gasteiger partial charge in [0.2, 0.25) is 0 Å². The normalized spacial score (nSPS) is 8.70. The van der Waals surface area contributed by atoms with E-state index in [2.05, 4.69) is 59.8 Å². The van der Waals surface area contributed by atoms with Crippen LogP contribution >= 0.6 is 0 Å². The Labute approximate surface area is 420 Å². The zero-order valence-corrected chi connectivity index (χ0v) is 43.6. The first kappa shape index (κ1) is 72.2. The molecule has 0 bridgehead atoms. The molecule has 0 saturated heterocycles. The average Bonchev–Trinajstić information content (AvgIpc) is 3.25. The first-order valence-electron chi connectivity index (χ1n) is 15.8. The summed E-state index contributed by atoms with van der Waals surface area (Å²) in [6.07, 6.45) is 10.3. The number of hydrogen-bond acceptors (Lipinski definition) is 18. The molecule has 16 N–H and O–H groups in total. The average molecular weight is 1150 g/mol. The summed E-state index contributed by atoms with van der Waals surface area (Å²) in [7, 11) is 0. The first-order valence-corrected chi connectivity index (χ1v) is 17.8. The Hall–Kier alpha value is -5.42. The summed E-state index contributed by atoms with van der Waals surface area (Å²) in [5.74, 6) is 2.96. The van der Waals surface area contributed by atoms with Crippen molar-refractivity contribution in [2.45, 2.75) is 0 Å². The molecule has 0 aliphatic carbocycles. The maximum absolute atomic E-state index is 8.44. The van der Waals surface area contributed by atoms with Crippen molar-refractivity contribution in [1.29, 1.82) is 0 Å². The van der Waals surface area contributed by atoms with Crippen LogP contribution in [0.5, 0.6) is 0 Å². The predicted molar refractivity (Wildman–Crippen MR) is 227 cm³/mol. The molecule has 0 unspecified atom stereocenters. The van der Waals surface area contributed by atoms with Crippen LogP contribution in [0.25, 0.3) is 69.1 Å². The van der Waals surface area contributed by atoms with Crippen LogP contribution in [0.2, 0.25) is 0 Å². The Bertz CT molecular complexity index is 2030. The van der Waals surface area contributed by atoms with Gasteiger partial charge in [0.15, 0.2) is 34.9 Å². The van der Waals surface area contributed by atoms with E-state index in [-0.39, 0.29) is 98.4 Å². The van der Waals surface area contributed by atoms with E-state index in [9.17, 15) is 0 Å². The largest absolute Gasteiger partial charge is 2.00 e. The molecule has 0 saturated carbocycles. The van der Waals surface area contributed by atoms with Crippen molar-refractivity contribution in [3.8, 4) is 69.1 Å². The Balaban J connectivity index is -0.000000207. The van der Waals surface area contributed by atoms with Crippen molar-refractivity contribution < 1.29 is 125 Å². The molecule has 0 atom stereocenters. The Morgan fingerprint density at radius 1 is 0.273 bits per heavy atom. The molecule has 0 aliphatic rings. The number of nitrogens with zero attached hydrogens (tertiary/aromatic N) is 12. The molecule has 0 aliphatic heterocycles. The molecular formula is C36H40Cd2N12O14S2. The quantitative estimate of drug-likeness (QED) is 0.123. The fourth-order valence-corrected chi connectivity index (χ4v) is 4.41. The van der Waals surface area contributed by atoms with Gasteiger partial charge in [0.1, 0.15) is 34.2 Å². The van der Waals surface area contributed by atoms with Crippen LogP contribution in [0.3, 0.4) is 0 Å². The third-order valence-corrected chi connectivity index (χ3v) is 6.63. The molecule has 26 nitrogen and oxygen atoms in total. The van der Waals surface area contributed by atoms with Crippen molar-refractivity contribution in [2.24, 2.45) is 0 Å². The van der Waals surface area contributed by atoms with Gasteiger partial charge in [-0.25, -0.2) is 29.9 Å². The van der Waals surface area contributed by atoms with Gasteiger partial charge in [0.25, 0.3) is 0 Å². The Kier molecular flexibility index (Phi) is 42.5. The van der Waals surface area contributed by atoms with Gasteiger partial charge in [-0.05, 0) is 72.8 Å². The second kappa shape index (κ2) is 38.8. The Morgan fingerprint density at radius 3 is 0.485 bits per heavy atom. The van der Waals surface area contributed by atoms with E-state index in [1.165, 1.54) is 0 Å². The number of rotatable bonds is 6. The topological polar surface area (TPSA) is 533 Å². The van der Waals surface area contributed by atoms with E-state index in [0.29, 0.717) is 69.1 Å². The summed E-state index contributed by atoms with van der Waals surface area (Å²) in [4.78, 5) is 53.1. The minimum Gasteiger partial charge on any atom is -0.784 e. The van der Waals surface area contributed by atoms with Crippen LogP contribution in [-0.2, 0) is 77.3 Å². The minimum absolute atomic E-state index is 0. The van der Waals surface area contributed by atoms with E-state index >= 15 is 0 Å². The second-order valence-electron chi connectivity index (χ2n) is 10.3. The summed E-state index contributed by atoms with van der Waals surface area (Å²) < 4.78 is 50.7. The molecule has 8 rings (SSSR count). The van der Waals surface area contributed by atoms with Crippen molar-refractivity contribution in [1.82, 2.24) is 59.8 Å². The summed E-state index contributed by atoms with van der Waals surface area (Å²) in [6.45, 7) is 0. The van der Waals surface area contributed by atoms with Crippen molar-refractivity contribution >= 4 is 22.7 Å². The first-order chi connectivity index (χ1) is 27.3. The molecule has 8 aromatic heterocycles. The predicted octanol–water partition coefficient (Wildman–Crippen LogP) is -2.50. The molecule has 0 spiro atoms. The molecule has 0 fully saturated rings. The van der Waals surface area contributed by atoms with Gasteiger partial charge in [-0.1, -0.05) is 36.4 Å². The zero-order chi connectivity index (χ0) is 39.5. The van der Waals surface area contributed by atoms with E-state index in [0.717, 1.165) is 0 Å². The monoisotopic (exact) mass is 1160 g/mol. The van der Waals surface area contributed by atoms with Gasteiger partial charge >= 0.3 is 54.6 Å². The van der Waals surface area contributed by atoms with Crippen molar-refractivity contribution in [3.05, 3.63) is 146 Å². The molecule has 344 valence electrons. The fraction of sp³-hybridized carbons (Fsp3) is 0. The van der Waals surface area contributed by atoms with Crippen LogP contribution in [0.15, 0.2) is 146 Å². The van der Waals surface area contributed by atoms with Gasteiger partial charge in [0, 0.05) is 37.2 Å². The molecule has 8 aromatic rings. The van der Waals surface area contributed by atoms with Crippen LogP contribution in [0.4, 0.5) is 0 Å². The fourth-order valence-electron chi connectivity index (χ4n) is 4.41. The number of aromatic nitrogens is 12. The molecule has 0 aromatic carbocycles. The van der Waals surface area contributed by atoms with E-state index in [4.69, 9.17) is 26.6 Å². The third kappa shape index (κ3) is 23.7. The summed E-state index contributed by atoms with van der Waals surface area (Å²) in [5, 5.41) is 0. The van der Waals surface area contributed by atoms with Crippen LogP contribution in [0, 0.1) is 0 Å². The van der Waals surface area contributed by atoms with Gasteiger partial charge in [-0.3, -0.25) is 38.3 Å². The van der Waals surface area contributed by atoms with Crippen LogP contribution < -0.4 is 0 Å². The molecular weight excluding hydrogens is 1110 g/mol. The van der Waals surface area contributed by atoms with Crippen molar-refractivity contribution in [2.75, 3.05) is 0 Å². The minimum atomic E-state index is -3.11. The van der Waals surface area contributed by atoms with E-state index < -0.39 is 22.7 Å². The Morgan fingerprint density at radius 2 is 0.394 bits per heavy atom. The van der Waals surface area contributed by atoms with Gasteiger partial charge in [-0.2, -0.15) is 0 Å². The standard InChI is InChI=1S/2C18H12N6.2Cd.2H2O3S.8H2O/c2*1-4-10-19-13(7-1)16-22-17(14-8-2-5-11-20-14)24-18(23-16)15-9-3-6-12-21-15;;;2*1-4(2)3;;;;;;;;/h2*1-12H;;;2*(H2,1,2,3);8*1H2/q;;2*+2;;;;;;;;;;/p-4. The van der Waals surface area contributed by atoms with Crippen LogP contribution in [-0.4, -0.2) is 130 Å². The van der Waals surface area contributed by atoms with Crippen LogP contribution in [0.1, 0.15) is 0 Å². The smallest absolute Gasteiger partial charge is 0.784 e. The van der Waals surface area contributed by atoms with Gasteiger partial charge in [0.05, 0.1) is 0 Å². The third-order valence-electron chi connectivity index (χ3n) is 6.63. The molecule has 0 amide bonds. The summed E-state index contributed by atoms with van der Waals surface area (Å²) in [5.41, 5.74) is 4.05. The zero-order valence-electron chi connectivity index (χ0n) is 33.9. The van der Waals surface area contributed by atoms with Gasteiger partial charge in [-0.15, -0.1) is 22.7 Å². The number of hydrogen-bond donors (Lipinski definition) is 0. The SMILES string of the molecule is O.O.O.O.O.O.O.O.O=S([O-])[O-].O=S([O-])[O-].[Cd+2].[Cd+2].c1ccc(-c2nc(-c3ccccn3)nc(-c3ccccn3)n2)nc1.c1ccc(-c2nc(-c3ccccn3)nc(-c3ccccn3)n2)nc1. The second-order valence-corrected chi connectivity index (χ2v) is 11.1. The van der Waals surface area contributed by atoms with E-state index in [1.54, 1.807) is 37.2 Å². The molecule has 8 heterocycles. The summed E-state index contributed by atoms with van der Waals surface area (Å²) in [6, 6.07) is 33.6. The molecule has 66 heavy (non-hydrogen) atoms. The van der Waals surface area contributed by atoms with Crippen molar-refractivity contribution in [3.63, 3.8) is 0 Å².